The molecular weight excluding hydrogens is 248 g/mol. The molecule has 0 saturated heterocycles. The van der Waals surface area contributed by atoms with E-state index in [4.69, 9.17) is 5.11 Å². The van der Waals surface area contributed by atoms with Crippen LogP contribution in [0.2, 0.25) is 0 Å². The van der Waals surface area contributed by atoms with Crippen LogP contribution in [0.1, 0.15) is 43.0 Å². The van der Waals surface area contributed by atoms with E-state index in [0.717, 1.165) is 13.0 Å². The third-order valence-electron chi connectivity index (χ3n) is 4.38. The van der Waals surface area contributed by atoms with E-state index < -0.39 is 0 Å². The number of benzene rings is 1. The molecule has 3 heteroatoms. The lowest BCUT2D eigenvalue weighted by molar-refractivity contribution is 0.268. The van der Waals surface area contributed by atoms with E-state index in [0.29, 0.717) is 6.04 Å². The Morgan fingerprint density at radius 1 is 1.30 bits per heavy atom. The molecule has 0 fully saturated rings. The Hall–Kier alpha value is -1.32. The molecule has 2 aromatic rings. The molecule has 0 bridgehead atoms. The first-order valence-corrected chi connectivity index (χ1v) is 7.74. The smallest absolute Gasteiger partial charge is 0.0459 e. The van der Waals surface area contributed by atoms with Gasteiger partial charge in [-0.3, -0.25) is 0 Å². The third-order valence-corrected chi connectivity index (χ3v) is 4.38. The van der Waals surface area contributed by atoms with E-state index in [-0.39, 0.29) is 6.61 Å². The van der Waals surface area contributed by atoms with Crippen LogP contribution in [0, 0.1) is 0 Å². The number of nitrogens with one attached hydrogen (secondary N) is 2. The standard InChI is InChI=1S/C17H24N2O/c1-12(8-9-20)18-11-13-6-7-17-15(10-13)14-4-2-3-5-16(14)19-17/h6-7,10,12,18-20H,2-5,8-9,11H2,1H3/t12-/m1/s1. The lowest BCUT2D eigenvalue weighted by Crippen LogP contribution is -2.26. The van der Waals surface area contributed by atoms with Gasteiger partial charge in [0.15, 0.2) is 0 Å². The summed E-state index contributed by atoms with van der Waals surface area (Å²) in [6, 6.07) is 7.09. The number of aromatic amines is 1. The van der Waals surface area contributed by atoms with Gasteiger partial charge in [-0.15, -0.1) is 0 Å². The number of fused-ring (bicyclic) bond motifs is 3. The van der Waals surface area contributed by atoms with Crippen molar-refractivity contribution in [2.45, 2.75) is 51.6 Å². The molecule has 0 aliphatic heterocycles. The summed E-state index contributed by atoms with van der Waals surface area (Å²) in [6.45, 7) is 3.24. The highest BCUT2D eigenvalue weighted by Gasteiger charge is 2.15. The maximum absolute atomic E-state index is 8.94. The summed E-state index contributed by atoms with van der Waals surface area (Å²) in [5.41, 5.74) is 5.60. The highest BCUT2D eigenvalue weighted by molar-refractivity contribution is 5.85. The molecule has 3 nitrogen and oxygen atoms in total. The third kappa shape index (κ3) is 2.74. The minimum atomic E-state index is 0.249. The number of H-pyrrole nitrogens is 1. The van der Waals surface area contributed by atoms with E-state index in [1.165, 1.54) is 53.4 Å². The molecule has 0 spiro atoms. The molecule has 1 aromatic heterocycles. The number of rotatable bonds is 5. The van der Waals surface area contributed by atoms with Gasteiger partial charge < -0.3 is 15.4 Å². The number of aliphatic hydroxyl groups is 1. The number of aromatic nitrogens is 1. The summed E-state index contributed by atoms with van der Waals surface area (Å²) >= 11 is 0. The van der Waals surface area contributed by atoms with Crippen molar-refractivity contribution in [3.63, 3.8) is 0 Å². The molecule has 3 rings (SSSR count). The van der Waals surface area contributed by atoms with Crippen molar-refractivity contribution < 1.29 is 5.11 Å². The number of hydrogen-bond donors (Lipinski definition) is 3. The second-order valence-corrected chi connectivity index (χ2v) is 5.96. The van der Waals surface area contributed by atoms with Crippen molar-refractivity contribution in [1.29, 1.82) is 0 Å². The minimum Gasteiger partial charge on any atom is -0.396 e. The fourth-order valence-electron chi connectivity index (χ4n) is 3.15. The first kappa shape index (κ1) is 13.7. The molecule has 0 saturated carbocycles. The fourth-order valence-corrected chi connectivity index (χ4v) is 3.15. The van der Waals surface area contributed by atoms with Crippen LogP contribution >= 0.6 is 0 Å². The lowest BCUT2D eigenvalue weighted by atomic mass is 9.95. The average molecular weight is 272 g/mol. The molecule has 1 atom stereocenters. The normalized spacial score (nSPS) is 16.3. The SMILES string of the molecule is C[C@H](CCO)NCc1ccc2[nH]c3c(c2c1)CCCC3. The Kier molecular flexibility index (Phi) is 4.08. The molecule has 1 aromatic carbocycles. The average Bonchev–Trinajstić information content (AvgIpc) is 2.83. The number of hydrogen-bond acceptors (Lipinski definition) is 2. The highest BCUT2D eigenvalue weighted by Crippen LogP contribution is 2.29. The molecule has 3 N–H and O–H groups in total. The Balaban J connectivity index is 1.79. The first-order chi connectivity index (χ1) is 9.78. The van der Waals surface area contributed by atoms with Gasteiger partial charge in [-0.1, -0.05) is 6.07 Å². The topological polar surface area (TPSA) is 48.0 Å². The van der Waals surface area contributed by atoms with Gasteiger partial charge in [0.1, 0.15) is 0 Å². The molecule has 0 radical (unpaired) electrons. The molecule has 1 aliphatic carbocycles. The first-order valence-electron chi connectivity index (χ1n) is 7.74. The van der Waals surface area contributed by atoms with E-state index >= 15 is 0 Å². The van der Waals surface area contributed by atoms with Gasteiger partial charge in [0.2, 0.25) is 0 Å². The van der Waals surface area contributed by atoms with Gasteiger partial charge in [0, 0.05) is 35.8 Å². The molecule has 1 heterocycles. The van der Waals surface area contributed by atoms with E-state index in [2.05, 4.69) is 35.4 Å². The van der Waals surface area contributed by atoms with Gasteiger partial charge in [-0.2, -0.15) is 0 Å². The van der Waals surface area contributed by atoms with Gasteiger partial charge in [0.05, 0.1) is 0 Å². The van der Waals surface area contributed by atoms with Crippen LogP contribution in [-0.2, 0) is 19.4 Å². The zero-order valence-electron chi connectivity index (χ0n) is 12.2. The monoisotopic (exact) mass is 272 g/mol. The van der Waals surface area contributed by atoms with Gasteiger partial charge in [0.25, 0.3) is 0 Å². The Morgan fingerprint density at radius 2 is 2.15 bits per heavy atom. The van der Waals surface area contributed by atoms with Gasteiger partial charge in [-0.25, -0.2) is 0 Å². The maximum atomic E-state index is 8.94. The Labute approximate surface area is 120 Å². The zero-order valence-corrected chi connectivity index (χ0v) is 12.2. The fraction of sp³-hybridized carbons (Fsp3) is 0.529. The molecule has 0 amide bonds. The molecule has 20 heavy (non-hydrogen) atoms. The summed E-state index contributed by atoms with van der Waals surface area (Å²) < 4.78 is 0. The number of aryl methyl sites for hydroxylation is 2. The van der Waals surface area contributed by atoms with Crippen molar-refractivity contribution in [3.8, 4) is 0 Å². The van der Waals surface area contributed by atoms with Crippen molar-refractivity contribution in [1.82, 2.24) is 10.3 Å². The summed E-state index contributed by atoms with van der Waals surface area (Å²) in [5, 5.41) is 13.8. The van der Waals surface area contributed by atoms with Crippen LogP contribution in [-0.4, -0.2) is 22.7 Å². The molecular formula is C17H24N2O. The van der Waals surface area contributed by atoms with Gasteiger partial charge >= 0.3 is 0 Å². The van der Waals surface area contributed by atoms with Crippen molar-refractivity contribution in [3.05, 3.63) is 35.0 Å². The Bertz CT molecular complexity index is 588. The van der Waals surface area contributed by atoms with E-state index in [1.54, 1.807) is 0 Å². The summed E-state index contributed by atoms with van der Waals surface area (Å²) in [5.74, 6) is 0. The van der Waals surface area contributed by atoms with Crippen molar-refractivity contribution >= 4 is 10.9 Å². The van der Waals surface area contributed by atoms with Crippen molar-refractivity contribution in [2.24, 2.45) is 0 Å². The van der Waals surface area contributed by atoms with Crippen LogP contribution < -0.4 is 5.32 Å². The Morgan fingerprint density at radius 3 is 3.00 bits per heavy atom. The zero-order chi connectivity index (χ0) is 13.9. The molecule has 1 aliphatic rings. The van der Waals surface area contributed by atoms with Crippen LogP contribution in [0.5, 0.6) is 0 Å². The highest BCUT2D eigenvalue weighted by atomic mass is 16.3. The van der Waals surface area contributed by atoms with Crippen LogP contribution in [0.4, 0.5) is 0 Å². The summed E-state index contributed by atoms with van der Waals surface area (Å²) in [6.07, 6.45) is 5.85. The predicted octanol–water partition coefficient (Wildman–Crippen LogP) is 2.91. The van der Waals surface area contributed by atoms with E-state index in [9.17, 15) is 0 Å². The maximum Gasteiger partial charge on any atom is 0.0459 e. The second kappa shape index (κ2) is 5.98. The number of aliphatic hydroxyl groups excluding tert-OH is 1. The van der Waals surface area contributed by atoms with Gasteiger partial charge in [-0.05, 0) is 62.3 Å². The van der Waals surface area contributed by atoms with Crippen molar-refractivity contribution in [2.75, 3.05) is 6.61 Å². The quantitative estimate of drug-likeness (QED) is 0.784. The summed E-state index contributed by atoms with van der Waals surface area (Å²) in [7, 11) is 0. The lowest BCUT2D eigenvalue weighted by Gasteiger charge is -2.13. The predicted molar refractivity (Wildman–Crippen MR) is 82.9 cm³/mol. The molecule has 0 unspecified atom stereocenters. The minimum absolute atomic E-state index is 0.249. The van der Waals surface area contributed by atoms with E-state index in [1.807, 2.05) is 0 Å². The molecule has 108 valence electrons. The largest absolute Gasteiger partial charge is 0.396 e. The van der Waals surface area contributed by atoms with Crippen LogP contribution in [0.3, 0.4) is 0 Å². The van der Waals surface area contributed by atoms with Crippen LogP contribution in [0.25, 0.3) is 10.9 Å². The summed E-state index contributed by atoms with van der Waals surface area (Å²) in [4.78, 5) is 3.57. The van der Waals surface area contributed by atoms with Crippen LogP contribution in [0.15, 0.2) is 18.2 Å². The second-order valence-electron chi connectivity index (χ2n) is 5.96.